The summed E-state index contributed by atoms with van der Waals surface area (Å²) in [4.78, 5) is 14.2. The minimum atomic E-state index is -0.146. The number of carbonyl (C=O) groups excluding carboxylic acids is 1. The van der Waals surface area contributed by atoms with Gasteiger partial charge in [-0.15, -0.1) is 0 Å². The second-order valence-electron chi connectivity index (χ2n) is 5.31. The third kappa shape index (κ3) is 2.07. The molecule has 2 heterocycles. The predicted molar refractivity (Wildman–Crippen MR) is 72.0 cm³/mol. The van der Waals surface area contributed by atoms with Crippen molar-refractivity contribution >= 4 is 5.91 Å². The largest absolute Gasteiger partial charge is 0.396 e. The molecule has 2 N–H and O–H groups in total. The highest BCUT2D eigenvalue weighted by Crippen LogP contribution is 2.37. The lowest BCUT2D eigenvalue weighted by molar-refractivity contribution is -0.127. The first-order valence-electron chi connectivity index (χ1n) is 6.61. The van der Waals surface area contributed by atoms with Crippen LogP contribution in [-0.2, 0) is 11.3 Å². The molecule has 1 aromatic carbocycles. The van der Waals surface area contributed by atoms with Crippen molar-refractivity contribution in [2.24, 2.45) is 5.92 Å². The smallest absolute Gasteiger partial charge is 0.241 e. The first kappa shape index (κ1) is 12.4. The molecule has 0 aromatic heterocycles. The van der Waals surface area contributed by atoms with Crippen molar-refractivity contribution in [1.29, 1.82) is 0 Å². The maximum absolute atomic E-state index is 12.0. The number of nitrogens with one attached hydrogen (secondary N) is 1. The standard InChI is InChI=1S/C15H18N2O2/c1-10-14-12(9-18)7-13(15(19)16-10)17(14)8-11-5-3-2-4-6-11/h2-6,12-14,18H,1,7-9H2,(H,16,19)/t12-,13-,14-/m0/s1. The Morgan fingerprint density at radius 2 is 2.11 bits per heavy atom. The lowest BCUT2D eigenvalue weighted by Crippen LogP contribution is -2.54. The van der Waals surface area contributed by atoms with Crippen LogP contribution in [0.5, 0.6) is 0 Å². The quantitative estimate of drug-likeness (QED) is 0.846. The zero-order chi connectivity index (χ0) is 13.4. The van der Waals surface area contributed by atoms with Crippen molar-refractivity contribution in [1.82, 2.24) is 10.2 Å². The van der Waals surface area contributed by atoms with Gasteiger partial charge in [-0.1, -0.05) is 36.9 Å². The lowest BCUT2D eigenvalue weighted by atomic mass is 9.99. The second kappa shape index (κ2) is 4.79. The molecular formula is C15H18N2O2. The van der Waals surface area contributed by atoms with E-state index in [4.69, 9.17) is 0 Å². The Morgan fingerprint density at radius 1 is 1.37 bits per heavy atom. The Bertz CT molecular complexity index is 500. The number of aliphatic hydroxyl groups is 1. The molecule has 2 aliphatic heterocycles. The molecule has 2 bridgehead atoms. The van der Waals surface area contributed by atoms with Crippen LogP contribution >= 0.6 is 0 Å². The zero-order valence-corrected chi connectivity index (χ0v) is 10.7. The van der Waals surface area contributed by atoms with Crippen molar-refractivity contribution in [2.45, 2.75) is 25.0 Å². The molecule has 0 spiro atoms. The molecule has 2 saturated heterocycles. The van der Waals surface area contributed by atoms with Crippen LogP contribution in [0.2, 0.25) is 0 Å². The molecule has 2 aliphatic rings. The highest BCUT2D eigenvalue weighted by molar-refractivity contribution is 5.85. The molecule has 0 radical (unpaired) electrons. The van der Waals surface area contributed by atoms with Crippen molar-refractivity contribution in [3.63, 3.8) is 0 Å². The highest BCUT2D eigenvalue weighted by atomic mass is 16.3. The van der Waals surface area contributed by atoms with Crippen molar-refractivity contribution < 1.29 is 9.90 Å². The Hall–Kier alpha value is -1.65. The van der Waals surface area contributed by atoms with E-state index in [1.165, 1.54) is 5.56 Å². The fourth-order valence-corrected chi connectivity index (χ4v) is 3.25. The van der Waals surface area contributed by atoms with E-state index in [0.29, 0.717) is 12.1 Å². The van der Waals surface area contributed by atoms with Gasteiger partial charge in [0.05, 0.1) is 12.1 Å². The average molecular weight is 258 g/mol. The maximum atomic E-state index is 12.0. The molecule has 2 fully saturated rings. The van der Waals surface area contributed by atoms with Gasteiger partial charge in [-0.2, -0.15) is 0 Å². The molecule has 4 nitrogen and oxygen atoms in total. The summed E-state index contributed by atoms with van der Waals surface area (Å²) in [6.45, 7) is 4.77. The van der Waals surface area contributed by atoms with Gasteiger partial charge in [0.25, 0.3) is 0 Å². The van der Waals surface area contributed by atoms with Crippen molar-refractivity contribution in [3.8, 4) is 0 Å². The monoisotopic (exact) mass is 258 g/mol. The van der Waals surface area contributed by atoms with Crippen LogP contribution in [0.15, 0.2) is 42.6 Å². The van der Waals surface area contributed by atoms with Gasteiger partial charge in [-0.25, -0.2) is 0 Å². The normalized spacial score (nSPS) is 30.5. The van der Waals surface area contributed by atoms with E-state index < -0.39 is 0 Å². The number of benzene rings is 1. The number of amides is 1. The summed E-state index contributed by atoms with van der Waals surface area (Å²) in [6, 6.07) is 10.0. The van der Waals surface area contributed by atoms with E-state index in [-0.39, 0.29) is 30.5 Å². The van der Waals surface area contributed by atoms with Crippen molar-refractivity contribution in [2.75, 3.05) is 6.61 Å². The zero-order valence-electron chi connectivity index (χ0n) is 10.7. The van der Waals surface area contributed by atoms with Gasteiger partial charge < -0.3 is 10.4 Å². The molecule has 0 unspecified atom stereocenters. The summed E-state index contributed by atoms with van der Waals surface area (Å²) >= 11 is 0. The molecule has 19 heavy (non-hydrogen) atoms. The number of piperazine rings is 1. The van der Waals surface area contributed by atoms with E-state index in [2.05, 4.69) is 28.9 Å². The summed E-state index contributed by atoms with van der Waals surface area (Å²) in [5, 5.41) is 12.3. The van der Waals surface area contributed by atoms with E-state index in [0.717, 1.165) is 6.54 Å². The molecular weight excluding hydrogens is 240 g/mol. The number of rotatable bonds is 3. The molecule has 0 saturated carbocycles. The van der Waals surface area contributed by atoms with Crippen molar-refractivity contribution in [3.05, 3.63) is 48.2 Å². The minimum Gasteiger partial charge on any atom is -0.396 e. The summed E-state index contributed by atoms with van der Waals surface area (Å²) in [5.41, 5.74) is 1.90. The SMILES string of the molecule is C=C1NC(=O)[C@@H]2C[C@@H](CO)[C@H]1N2Cc1ccccc1. The topological polar surface area (TPSA) is 52.6 Å². The molecule has 3 atom stereocenters. The number of carbonyl (C=O) groups is 1. The van der Waals surface area contributed by atoms with Gasteiger partial charge in [-0.05, 0) is 12.0 Å². The van der Waals surface area contributed by atoms with Crippen LogP contribution in [0.25, 0.3) is 0 Å². The third-order valence-corrected chi connectivity index (χ3v) is 4.12. The van der Waals surface area contributed by atoms with Gasteiger partial charge in [0.15, 0.2) is 0 Å². The van der Waals surface area contributed by atoms with Crippen LogP contribution in [0.3, 0.4) is 0 Å². The lowest BCUT2D eigenvalue weighted by Gasteiger charge is -2.36. The number of nitrogens with zero attached hydrogens (tertiary/aromatic N) is 1. The minimum absolute atomic E-state index is 0.00753. The van der Waals surface area contributed by atoms with Gasteiger partial charge >= 0.3 is 0 Å². The van der Waals surface area contributed by atoms with Crippen LogP contribution in [0.4, 0.5) is 0 Å². The summed E-state index contributed by atoms with van der Waals surface area (Å²) in [6.07, 6.45) is 0.707. The van der Waals surface area contributed by atoms with Gasteiger partial charge in [-0.3, -0.25) is 9.69 Å². The Morgan fingerprint density at radius 3 is 2.79 bits per heavy atom. The van der Waals surface area contributed by atoms with Gasteiger partial charge in [0, 0.05) is 24.8 Å². The number of hydrogen-bond acceptors (Lipinski definition) is 3. The van der Waals surface area contributed by atoms with Gasteiger partial charge in [0.1, 0.15) is 0 Å². The number of fused-ring (bicyclic) bond motifs is 2. The summed E-state index contributed by atoms with van der Waals surface area (Å²) < 4.78 is 0. The summed E-state index contributed by atoms with van der Waals surface area (Å²) in [7, 11) is 0. The first-order chi connectivity index (χ1) is 9.20. The Kier molecular flexibility index (Phi) is 3.12. The Balaban J connectivity index is 1.88. The fourth-order valence-electron chi connectivity index (χ4n) is 3.25. The van der Waals surface area contributed by atoms with E-state index >= 15 is 0 Å². The van der Waals surface area contributed by atoms with Crippen LogP contribution < -0.4 is 5.32 Å². The molecule has 100 valence electrons. The number of aliphatic hydroxyl groups excluding tert-OH is 1. The first-order valence-corrected chi connectivity index (χ1v) is 6.61. The van der Waals surface area contributed by atoms with Crippen LogP contribution in [-0.4, -0.2) is 34.6 Å². The fraction of sp³-hybridized carbons (Fsp3) is 0.400. The average Bonchev–Trinajstić information content (AvgIpc) is 2.71. The summed E-state index contributed by atoms with van der Waals surface area (Å²) in [5.74, 6) is 0.105. The van der Waals surface area contributed by atoms with E-state index in [1.807, 2.05) is 18.2 Å². The van der Waals surface area contributed by atoms with Gasteiger partial charge in [0.2, 0.25) is 5.91 Å². The third-order valence-electron chi connectivity index (χ3n) is 4.12. The molecule has 1 amide bonds. The van der Waals surface area contributed by atoms with Crippen LogP contribution in [0.1, 0.15) is 12.0 Å². The number of hydrogen-bond donors (Lipinski definition) is 2. The molecule has 1 aromatic rings. The van der Waals surface area contributed by atoms with E-state index in [9.17, 15) is 9.90 Å². The predicted octanol–water partition coefficient (Wildman–Crippen LogP) is 0.881. The Labute approximate surface area is 112 Å². The maximum Gasteiger partial charge on any atom is 0.241 e. The van der Waals surface area contributed by atoms with E-state index in [1.54, 1.807) is 0 Å². The molecule has 4 heteroatoms. The van der Waals surface area contributed by atoms with Crippen LogP contribution in [0, 0.1) is 5.92 Å². The highest BCUT2D eigenvalue weighted by Gasteiger charge is 2.49. The molecule has 0 aliphatic carbocycles. The molecule has 3 rings (SSSR count). The second-order valence-corrected chi connectivity index (χ2v) is 5.31.